The molecular formula is C27H27FN4O5. The highest BCUT2D eigenvalue weighted by Crippen LogP contribution is 2.37. The molecule has 0 bridgehead atoms. The van der Waals surface area contributed by atoms with Crippen molar-refractivity contribution in [1.82, 2.24) is 9.78 Å². The summed E-state index contributed by atoms with van der Waals surface area (Å²) >= 11 is 0. The number of methoxy groups -OCH3 is 1. The number of hydrogen-bond acceptors (Lipinski definition) is 6. The van der Waals surface area contributed by atoms with Gasteiger partial charge in [0.25, 0.3) is 5.91 Å². The highest BCUT2D eigenvalue weighted by molar-refractivity contribution is 6.10. The maximum atomic E-state index is 14.1. The second-order valence-corrected chi connectivity index (χ2v) is 8.85. The molecule has 2 amide bonds. The molecule has 2 aliphatic rings. The molecule has 3 heterocycles. The maximum absolute atomic E-state index is 14.1. The van der Waals surface area contributed by atoms with Gasteiger partial charge in [-0.2, -0.15) is 5.10 Å². The third kappa shape index (κ3) is 4.43. The first-order chi connectivity index (χ1) is 17.9. The number of benzene rings is 2. The number of nitrogens with zero attached hydrogens (tertiary/aromatic N) is 4. The molecule has 2 aliphatic heterocycles. The van der Waals surface area contributed by atoms with Crippen molar-refractivity contribution in [1.29, 1.82) is 0 Å². The topological polar surface area (TPSA) is 94.0 Å². The van der Waals surface area contributed by atoms with E-state index in [-0.39, 0.29) is 30.4 Å². The molecule has 0 N–H and O–H groups in total. The van der Waals surface area contributed by atoms with E-state index in [9.17, 15) is 18.8 Å². The molecule has 0 radical (unpaired) electrons. The van der Waals surface area contributed by atoms with E-state index in [2.05, 4.69) is 5.10 Å². The predicted molar refractivity (Wildman–Crippen MR) is 134 cm³/mol. The molecule has 1 saturated heterocycles. The summed E-state index contributed by atoms with van der Waals surface area (Å²) in [4.78, 5) is 42.2. The van der Waals surface area contributed by atoms with Crippen molar-refractivity contribution in [3.05, 3.63) is 65.2 Å². The molecule has 9 nitrogen and oxygen atoms in total. The average Bonchev–Trinajstić information content (AvgIpc) is 3.30. The van der Waals surface area contributed by atoms with E-state index in [0.717, 1.165) is 12.8 Å². The number of anilines is 2. The van der Waals surface area contributed by atoms with Crippen molar-refractivity contribution in [2.24, 2.45) is 0 Å². The lowest BCUT2D eigenvalue weighted by molar-refractivity contribution is -0.119. The lowest BCUT2D eigenvalue weighted by Crippen LogP contribution is -2.39. The Morgan fingerprint density at radius 1 is 1.03 bits per heavy atom. The van der Waals surface area contributed by atoms with Gasteiger partial charge in [0, 0.05) is 36.8 Å². The number of fused-ring (bicyclic) bond motifs is 1. The smallest absolute Gasteiger partial charge is 0.359 e. The van der Waals surface area contributed by atoms with E-state index >= 15 is 0 Å². The van der Waals surface area contributed by atoms with Gasteiger partial charge in [-0.05, 0) is 56.5 Å². The SMILES string of the molecule is CCOC(=O)c1nn(-c2cccc(F)c2)c2c1CCN(c1ccc(N3CCCCC3=O)cc1OC)C2=O. The first kappa shape index (κ1) is 24.5. The molecule has 1 aromatic heterocycles. The number of ether oxygens (including phenoxy) is 2. The molecule has 0 atom stereocenters. The van der Waals surface area contributed by atoms with Crippen molar-refractivity contribution < 1.29 is 28.2 Å². The molecular weight excluding hydrogens is 479 g/mol. The van der Waals surface area contributed by atoms with Crippen LogP contribution in [0.1, 0.15) is 52.7 Å². The van der Waals surface area contributed by atoms with Gasteiger partial charge >= 0.3 is 5.97 Å². The van der Waals surface area contributed by atoms with Gasteiger partial charge in [0.1, 0.15) is 17.3 Å². The summed E-state index contributed by atoms with van der Waals surface area (Å²) < 4.78 is 26.1. The van der Waals surface area contributed by atoms with Gasteiger partial charge in [-0.1, -0.05) is 6.07 Å². The molecule has 5 rings (SSSR count). The molecule has 2 aromatic carbocycles. The summed E-state index contributed by atoms with van der Waals surface area (Å²) in [7, 11) is 1.51. The average molecular weight is 507 g/mol. The van der Waals surface area contributed by atoms with Crippen LogP contribution in [0.4, 0.5) is 15.8 Å². The van der Waals surface area contributed by atoms with Crippen molar-refractivity contribution in [2.45, 2.75) is 32.6 Å². The van der Waals surface area contributed by atoms with Crippen LogP contribution in [-0.4, -0.2) is 54.4 Å². The molecule has 37 heavy (non-hydrogen) atoms. The molecule has 1 fully saturated rings. The van der Waals surface area contributed by atoms with Gasteiger partial charge in [-0.3, -0.25) is 9.59 Å². The zero-order valence-corrected chi connectivity index (χ0v) is 20.7. The molecule has 192 valence electrons. The van der Waals surface area contributed by atoms with Crippen LogP contribution >= 0.6 is 0 Å². The van der Waals surface area contributed by atoms with Crippen LogP contribution in [-0.2, 0) is 16.0 Å². The van der Waals surface area contributed by atoms with Crippen LogP contribution in [0.2, 0.25) is 0 Å². The Bertz CT molecular complexity index is 1390. The fraction of sp³-hybridized carbons (Fsp3) is 0.333. The first-order valence-corrected chi connectivity index (χ1v) is 12.3. The molecule has 0 aliphatic carbocycles. The fourth-order valence-electron chi connectivity index (χ4n) is 4.88. The van der Waals surface area contributed by atoms with E-state index in [1.807, 2.05) is 0 Å². The van der Waals surface area contributed by atoms with Gasteiger partial charge in [-0.15, -0.1) is 0 Å². The second-order valence-electron chi connectivity index (χ2n) is 8.85. The summed E-state index contributed by atoms with van der Waals surface area (Å²) in [5.41, 5.74) is 2.21. The molecule has 0 unspecified atom stereocenters. The summed E-state index contributed by atoms with van der Waals surface area (Å²) in [6.07, 6.45) is 2.64. The van der Waals surface area contributed by atoms with Gasteiger partial charge in [0.2, 0.25) is 5.91 Å². The highest BCUT2D eigenvalue weighted by Gasteiger charge is 2.36. The van der Waals surface area contributed by atoms with Gasteiger partial charge in [0.05, 0.1) is 25.1 Å². The van der Waals surface area contributed by atoms with E-state index in [0.29, 0.717) is 47.8 Å². The molecule has 10 heteroatoms. The third-order valence-electron chi connectivity index (χ3n) is 6.63. The van der Waals surface area contributed by atoms with E-state index in [1.165, 1.54) is 30.0 Å². The number of carbonyl (C=O) groups is 3. The number of halogens is 1. The second kappa shape index (κ2) is 10.0. The Hall–Kier alpha value is -4.21. The summed E-state index contributed by atoms with van der Waals surface area (Å²) in [5.74, 6) is -1.04. The summed E-state index contributed by atoms with van der Waals surface area (Å²) in [5, 5.41) is 4.38. The van der Waals surface area contributed by atoms with E-state index < -0.39 is 17.7 Å². The standard InChI is InChI=1S/C27H27FN4O5/c1-3-37-27(35)24-20-12-14-31(26(34)25(20)32(29-24)19-8-6-7-17(28)15-19)21-11-10-18(16-22(21)36-2)30-13-5-4-9-23(30)33/h6-8,10-11,15-16H,3-5,9,12-14H2,1-2H3. The highest BCUT2D eigenvalue weighted by atomic mass is 19.1. The van der Waals surface area contributed by atoms with Crippen LogP contribution in [0.15, 0.2) is 42.5 Å². The normalized spacial score (nSPS) is 15.5. The van der Waals surface area contributed by atoms with Crippen molar-refractivity contribution in [2.75, 3.05) is 36.6 Å². The van der Waals surface area contributed by atoms with Gasteiger partial charge in [-0.25, -0.2) is 13.9 Å². The monoisotopic (exact) mass is 506 g/mol. The Morgan fingerprint density at radius 2 is 1.86 bits per heavy atom. The Morgan fingerprint density at radius 3 is 2.59 bits per heavy atom. The van der Waals surface area contributed by atoms with Crippen LogP contribution < -0.4 is 14.5 Å². The predicted octanol–water partition coefficient (Wildman–Crippen LogP) is 3.92. The fourth-order valence-corrected chi connectivity index (χ4v) is 4.88. The zero-order valence-electron chi connectivity index (χ0n) is 20.7. The third-order valence-corrected chi connectivity index (χ3v) is 6.63. The number of esters is 1. The lowest BCUT2D eigenvalue weighted by atomic mass is 10.0. The number of aromatic nitrogens is 2. The Kier molecular flexibility index (Phi) is 6.64. The van der Waals surface area contributed by atoms with E-state index in [4.69, 9.17) is 9.47 Å². The van der Waals surface area contributed by atoms with Crippen molar-refractivity contribution in [3.8, 4) is 11.4 Å². The number of carbonyl (C=O) groups excluding carboxylic acids is 3. The van der Waals surface area contributed by atoms with Crippen LogP contribution in [0.3, 0.4) is 0 Å². The summed E-state index contributed by atoms with van der Waals surface area (Å²) in [6, 6.07) is 11.0. The van der Waals surface area contributed by atoms with Crippen LogP contribution in [0.25, 0.3) is 5.69 Å². The van der Waals surface area contributed by atoms with Gasteiger partial charge in [0.15, 0.2) is 5.69 Å². The van der Waals surface area contributed by atoms with Crippen LogP contribution in [0, 0.1) is 5.82 Å². The summed E-state index contributed by atoms with van der Waals surface area (Å²) in [6.45, 7) is 2.75. The minimum Gasteiger partial charge on any atom is -0.494 e. The molecule has 3 aromatic rings. The number of hydrogen-bond donors (Lipinski definition) is 0. The first-order valence-electron chi connectivity index (χ1n) is 12.3. The number of amides is 2. The Labute approximate surface area is 213 Å². The van der Waals surface area contributed by atoms with Crippen molar-refractivity contribution in [3.63, 3.8) is 0 Å². The maximum Gasteiger partial charge on any atom is 0.359 e. The number of piperidine rings is 1. The lowest BCUT2D eigenvalue weighted by Gasteiger charge is -2.31. The minimum atomic E-state index is -0.636. The zero-order chi connectivity index (χ0) is 26.1. The number of rotatable bonds is 6. The molecule has 0 spiro atoms. The van der Waals surface area contributed by atoms with Crippen molar-refractivity contribution >= 4 is 29.2 Å². The quantitative estimate of drug-likeness (QED) is 0.471. The van der Waals surface area contributed by atoms with E-state index in [1.54, 1.807) is 41.0 Å². The van der Waals surface area contributed by atoms with Crippen LogP contribution in [0.5, 0.6) is 5.75 Å². The minimum absolute atomic E-state index is 0.0417. The largest absolute Gasteiger partial charge is 0.494 e. The van der Waals surface area contributed by atoms with Gasteiger partial charge < -0.3 is 19.3 Å². The molecule has 0 saturated carbocycles. The Balaban J connectivity index is 1.56.